The van der Waals surface area contributed by atoms with E-state index in [2.05, 4.69) is 5.32 Å². The summed E-state index contributed by atoms with van der Waals surface area (Å²) in [6.45, 7) is -1.60. The van der Waals surface area contributed by atoms with Gasteiger partial charge >= 0.3 is 0 Å². The van der Waals surface area contributed by atoms with Gasteiger partial charge in [0.05, 0.1) is 0 Å². The van der Waals surface area contributed by atoms with Crippen LogP contribution in [0.2, 0.25) is 0 Å². The minimum atomic E-state index is -4.56. The van der Waals surface area contributed by atoms with Crippen LogP contribution in [0.15, 0.2) is 0 Å². The van der Waals surface area contributed by atoms with Gasteiger partial charge in [-0.1, -0.05) is 0 Å². The van der Waals surface area contributed by atoms with Crippen LogP contribution in [0.1, 0.15) is 0 Å². The molecule has 2 N–H and O–H groups in total. The topological polar surface area (TPSA) is 66.4 Å². The van der Waals surface area contributed by atoms with Crippen LogP contribution in [0.25, 0.3) is 0 Å². The predicted molar refractivity (Wildman–Crippen MR) is 47.2 cm³/mol. The Labute approximate surface area is 81.2 Å². The lowest BCUT2D eigenvalue weighted by atomic mass is 10.3. The van der Waals surface area contributed by atoms with Gasteiger partial charge < -0.3 is 5.32 Å². The van der Waals surface area contributed by atoms with Crippen LogP contribution < -0.4 is 5.32 Å². The van der Waals surface area contributed by atoms with Crippen molar-refractivity contribution in [2.75, 3.05) is 26.5 Å². The zero-order valence-electron chi connectivity index (χ0n) is 7.87. The molecule has 0 rings (SSSR count). The standard InChI is InChI=1S/C4H7F3O3S.C2H7N/c5-1-3(6)4(7)2-11(8,9)10;1-3-2/h3-4H,1-2H2,(H,8,9,10);3H,1-2H3. The number of hydrogen-bond donors (Lipinski definition) is 2. The van der Waals surface area contributed by atoms with Gasteiger partial charge in [-0.3, -0.25) is 4.55 Å². The predicted octanol–water partition coefficient (Wildman–Crippen LogP) is 0.356. The van der Waals surface area contributed by atoms with Crippen LogP contribution in [-0.4, -0.2) is 51.8 Å². The number of hydrogen-bond acceptors (Lipinski definition) is 3. The van der Waals surface area contributed by atoms with Crippen molar-refractivity contribution in [1.29, 1.82) is 0 Å². The second-order valence-electron chi connectivity index (χ2n) is 2.43. The summed E-state index contributed by atoms with van der Waals surface area (Å²) in [4.78, 5) is 0. The monoisotopic (exact) mass is 237 g/mol. The molecule has 0 aliphatic carbocycles. The third-order valence-corrected chi connectivity index (χ3v) is 1.65. The zero-order valence-corrected chi connectivity index (χ0v) is 8.69. The molecular weight excluding hydrogens is 223 g/mol. The Hall–Kier alpha value is -0.340. The van der Waals surface area contributed by atoms with E-state index in [0.717, 1.165) is 0 Å². The van der Waals surface area contributed by atoms with Crippen LogP contribution in [0, 0.1) is 0 Å². The van der Waals surface area contributed by atoms with E-state index in [1.165, 1.54) is 0 Å². The molecule has 88 valence electrons. The molecule has 0 heterocycles. The fourth-order valence-electron chi connectivity index (χ4n) is 0.402. The zero-order chi connectivity index (χ0) is 11.8. The molecule has 0 spiro atoms. The van der Waals surface area contributed by atoms with E-state index in [-0.39, 0.29) is 0 Å². The second kappa shape index (κ2) is 8.01. The Bertz CT molecular complexity index is 222. The molecular formula is C6H14F3NO3S. The van der Waals surface area contributed by atoms with E-state index in [0.29, 0.717) is 0 Å². The summed E-state index contributed by atoms with van der Waals surface area (Å²) in [5.41, 5.74) is 0. The molecule has 0 aromatic rings. The molecule has 14 heavy (non-hydrogen) atoms. The molecule has 0 saturated carbocycles. The van der Waals surface area contributed by atoms with Gasteiger partial charge in [0.1, 0.15) is 18.6 Å². The fraction of sp³-hybridized carbons (Fsp3) is 1.00. The van der Waals surface area contributed by atoms with Crippen molar-refractivity contribution in [3.8, 4) is 0 Å². The van der Waals surface area contributed by atoms with E-state index in [1.54, 1.807) is 0 Å². The normalized spacial score (nSPS) is 15.3. The van der Waals surface area contributed by atoms with E-state index < -0.39 is 34.9 Å². The molecule has 0 fully saturated rings. The molecule has 0 radical (unpaired) electrons. The van der Waals surface area contributed by atoms with E-state index >= 15 is 0 Å². The SMILES string of the molecule is CNC.O=S(=O)(O)CC(F)C(F)CF. The molecule has 0 saturated heterocycles. The van der Waals surface area contributed by atoms with E-state index in [9.17, 15) is 21.6 Å². The molecule has 0 aliphatic rings. The van der Waals surface area contributed by atoms with Crippen LogP contribution in [0.5, 0.6) is 0 Å². The number of halogens is 3. The highest BCUT2D eigenvalue weighted by atomic mass is 32.2. The quantitative estimate of drug-likeness (QED) is 0.693. The van der Waals surface area contributed by atoms with Crippen molar-refractivity contribution in [1.82, 2.24) is 5.32 Å². The first-order chi connectivity index (χ1) is 6.28. The maximum Gasteiger partial charge on any atom is 0.267 e. The summed E-state index contributed by atoms with van der Waals surface area (Å²) in [7, 11) is -0.810. The maximum absolute atomic E-state index is 12.1. The van der Waals surface area contributed by atoms with Crippen LogP contribution in [0.3, 0.4) is 0 Å². The Kier molecular flexibility index (Phi) is 9.21. The molecule has 4 nitrogen and oxygen atoms in total. The maximum atomic E-state index is 12.1. The Balaban J connectivity index is 0. The Morgan fingerprint density at radius 2 is 1.64 bits per heavy atom. The molecule has 0 aromatic carbocycles. The van der Waals surface area contributed by atoms with Gasteiger partial charge in [-0.25, -0.2) is 13.2 Å². The highest BCUT2D eigenvalue weighted by Gasteiger charge is 2.25. The molecule has 8 heteroatoms. The third-order valence-electron chi connectivity index (χ3n) is 0.910. The fourth-order valence-corrected chi connectivity index (χ4v) is 1.01. The number of rotatable bonds is 4. The van der Waals surface area contributed by atoms with Gasteiger partial charge in [0.15, 0.2) is 6.17 Å². The summed E-state index contributed by atoms with van der Waals surface area (Å²) in [6.07, 6.45) is -4.99. The molecule has 2 atom stereocenters. The molecule has 0 aliphatic heterocycles. The lowest BCUT2D eigenvalue weighted by molar-refractivity contribution is 0.150. The van der Waals surface area contributed by atoms with Gasteiger partial charge in [-0.05, 0) is 14.1 Å². The van der Waals surface area contributed by atoms with Crippen molar-refractivity contribution in [3.63, 3.8) is 0 Å². The molecule has 2 unspecified atom stereocenters. The Morgan fingerprint density at radius 3 is 1.86 bits per heavy atom. The molecule has 0 aromatic heterocycles. The van der Waals surface area contributed by atoms with Gasteiger partial charge in [0, 0.05) is 0 Å². The first kappa shape index (κ1) is 16.1. The minimum Gasteiger partial charge on any atom is -0.323 e. The van der Waals surface area contributed by atoms with Crippen molar-refractivity contribution < 1.29 is 26.1 Å². The summed E-state index contributed by atoms with van der Waals surface area (Å²) >= 11 is 0. The van der Waals surface area contributed by atoms with E-state index in [1.807, 2.05) is 14.1 Å². The highest BCUT2D eigenvalue weighted by Crippen LogP contribution is 2.06. The first-order valence-corrected chi connectivity index (χ1v) is 5.27. The summed E-state index contributed by atoms with van der Waals surface area (Å²) in [5.74, 6) is -1.40. The lowest BCUT2D eigenvalue weighted by Gasteiger charge is -2.06. The summed E-state index contributed by atoms with van der Waals surface area (Å²) < 4.78 is 63.1. The largest absolute Gasteiger partial charge is 0.323 e. The molecule has 0 bridgehead atoms. The van der Waals surface area contributed by atoms with Gasteiger partial charge in [0.25, 0.3) is 10.1 Å². The van der Waals surface area contributed by atoms with Crippen molar-refractivity contribution >= 4 is 10.1 Å². The Morgan fingerprint density at radius 1 is 1.29 bits per heavy atom. The van der Waals surface area contributed by atoms with Crippen LogP contribution in [0.4, 0.5) is 13.2 Å². The molecule has 0 amide bonds. The highest BCUT2D eigenvalue weighted by molar-refractivity contribution is 7.85. The van der Waals surface area contributed by atoms with Crippen molar-refractivity contribution in [3.05, 3.63) is 0 Å². The van der Waals surface area contributed by atoms with Crippen LogP contribution >= 0.6 is 0 Å². The smallest absolute Gasteiger partial charge is 0.267 e. The average molecular weight is 237 g/mol. The van der Waals surface area contributed by atoms with Gasteiger partial charge in [-0.2, -0.15) is 8.42 Å². The average Bonchev–Trinajstić information content (AvgIpc) is 2.01. The summed E-state index contributed by atoms with van der Waals surface area (Å²) in [5, 5.41) is 2.75. The van der Waals surface area contributed by atoms with Gasteiger partial charge in [-0.15, -0.1) is 0 Å². The second-order valence-corrected chi connectivity index (χ2v) is 3.93. The lowest BCUT2D eigenvalue weighted by Crippen LogP contribution is -2.27. The third kappa shape index (κ3) is 11.7. The number of nitrogens with one attached hydrogen (secondary N) is 1. The summed E-state index contributed by atoms with van der Waals surface area (Å²) in [6, 6.07) is 0. The van der Waals surface area contributed by atoms with Crippen molar-refractivity contribution in [2.45, 2.75) is 12.3 Å². The number of alkyl halides is 3. The minimum absolute atomic E-state index is 1.40. The van der Waals surface area contributed by atoms with Crippen molar-refractivity contribution in [2.24, 2.45) is 0 Å². The first-order valence-electron chi connectivity index (χ1n) is 3.66. The van der Waals surface area contributed by atoms with Crippen LogP contribution in [-0.2, 0) is 10.1 Å². The van der Waals surface area contributed by atoms with E-state index in [4.69, 9.17) is 4.55 Å². The van der Waals surface area contributed by atoms with Gasteiger partial charge in [0.2, 0.25) is 0 Å².